The minimum Gasteiger partial charge on any atom is -0.394 e. The molecule has 0 spiro atoms. The summed E-state index contributed by atoms with van der Waals surface area (Å²) in [6.07, 6.45) is 58.0. The summed E-state index contributed by atoms with van der Waals surface area (Å²) in [5.41, 5.74) is 0. The van der Waals surface area contributed by atoms with E-state index >= 15 is 0 Å². The monoisotopic (exact) mass is 848 g/mol. The highest BCUT2D eigenvalue weighted by Crippen LogP contribution is 2.17. The molecule has 0 rings (SSSR count). The third-order valence-electron chi connectivity index (χ3n) is 12.7. The summed E-state index contributed by atoms with van der Waals surface area (Å²) in [5, 5.41) is 43.9. The highest BCUT2D eigenvalue weighted by atomic mass is 16.3. The molecule has 0 aliphatic heterocycles. The molecule has 0 bridgehead atoms. The molecule has 4 atom stereocenters. The van der Waals surface area contributed by atoms with Crippen LogP contribution in [0, 0.1) is 0 Å². The predicted molar refractivity (Wildman–Crippen MR) is 261 cm³/mol. The first-order chi connectivity index (χ1) is 29.5. The summed E-state index contributed by atoms with van der Waals surface area (Å²) < 4.78 is 0. The van der Waals surface area contributed by atoms with Gasteiger partial charge in [-0.1, -0.05) is 263 Å². The van der Waals surface area contributed by atoms with E-state index in [1.165, 1.54) is 212 Å². The molecule has 0 aromatic rings. The van der Waals surface area contributed by atoms with Crippen LogP contribution in [0.4, 0.5) is 0 Å². The van der Waals surface area contributed by atoms with Gasteiger partial charge in [0, 0.05) is 0 Å². The lowest BCUT2D eigenvalue weighted by molar-refractivity contribution is -0.132. The van der Waals surface area contributed by atoms with Crippen LogP contribution in [0.5, 0.6) is 0 Å². The second-order valence-electron chi connectivity index (χ2n) is 18.6. The lowest BCUT2D eigenvalue weighted by Crippen LogP contribution is -2.53. The normalized spacial score (nSPS) is 14.0. The van der Waals surface area contributed by atoms with Crippen LogP contribution in [0.25, 0.3) is 0 Å². The molecule has 0 saturated carbocycles. The summed E-state index contributed by atoms with van der Waals surface area (Å²) in [6, 6.07) is -0.984. The van der Waals surface area contributed by atoms with E-state index in [9.17, 15) is 25.2 Å². The minimum absolute atomic E-state index is 0.369. The molecule has 6 heteroatoms. The second kappa shape index (κ2) is 48.8. The molecule has 0 radical (unpaired) electrons. The highest BCUT2D eigenvalue weighted by molar-refractivity contribution is 5.80. The van der Waals surface area contributed by atoms with Crippen molar-refractivity contribution in [1.82, 2.24) is 5.32 Å². The van der Waals surface area contributed by atoms with E-state index in [1.54, 1.807) is 0 Å². The van der Waals surface area contributed by atoms with Gasteiger partial charge in [0.05, 0.1) is 18.8 Å². The zero-order valence-electron chi connectivity index (χ0n) is 40.2. The maximum atomic E-state index is 12.6. The van der Waals surface area contributed by atoms with Crippen molar-refractivity contribution in [3.8, 4) is 0 Å². The van der Waals surface area contributed by atoms with Gasteiger partial charge in [-0.25, -0.2) is 0 Å². The fourth-order valence-corrected chi connectivity index (χ4v) is 8.44. The van der Waals surface area contributed by atoms with Crippen molar-refractivity contribution < 1.29 is 25.2 Å². The number of amides is 1. The number of hydrogen-bond acceptors (Lipinski definition) is 5. The molecule has 0 heterocycles. The molecule has 0 aromatic carbocycles. The zero-order valence-corrected chi connectivity index (χ0v) is 40.2. The Morgan fingerprint density at radius 2 is 0.717 bits per heavy atom. The van der Waals surface area contributed by atoms with Gasteiger partial charge in [-0.2, -0.15) is 0 Å². The Morgan fingerprint density at radius 1 is 0.417 bits per heavy atom. The molecular weight excluding hydrogens is 743 g/mol. The van der Waals surface area contributed by atoms with Crippen molar-refractivity contribution in [3.05, 3.63) is 24.3 Å². The fraction of sp³-hybridized carbons (Fsp3) is 0.907. The maximum absolute atomic E-state index is 12.6. The standard InChI is InChI=1S/C54H105NO5/c1-3-5-7-9-11-13-15-17-19-21-22-23-24-25-26-27-28-29-30-31-32-34-36-38-40-42-44-46-48-52(58)54(60)55-50(49-56)53(59)51(57)47-45-43-41-39-37-35-33-20-18-16-14-12-10-8-6-4-2/h22-23,25-26,50-53,56-59H,3-21,24,27-49H2,1-2H3,(H,55,60)/b23-22-,26-25-. The molecule has 0 saturated heterocycles. The minimum atomic E-state index is -1.26. The number of aliphatic hydroxyl groups is 4. The SMILES string of the molecule is CCCCCCCCCCC/C=C\C/C=C\CCCCCCCCCCCCCCC(O)C(=O)NC(CO)C(O)C(O)CCCCCCCCCCCCCCCCCC. The molecule has 0 aliphatic rings. The predicted octanol–water partition coefficient (Wildman–Crippen LogP) is 15.1. The van der Waals surface area contributed by atoms with Crippen molar-refractivity contribution in [2.24, 2.45) is 0 Å². The van der Waals surface area contributed by atoms with Crippen LogP contribution in [-0.4, -0.2) is 57.3 Å². The molecule has 356 valence electrons. The summed E-state index contributed by atoms with van der Waals surface area (Å²) in [4.78, 5) is 12.6. The Kier molecular flexibility index (Phi) is 47.8. The van der Waals surface area contributed by atoms with Crippen LogP contribution in [0.1, 0.15) is 284 Å². The Morgan fingerprint density at radius 3 is 1.05 bits per heavy atom. The Bertz CT molecular complexity index is 909. The third kappa shape index (κ3) is 42.1. The smallest absolute Gasteiger partial charge is 0.249 e. The van der Waals surface area contributed by atoms with Gasteiger partial charge in [0.15, 0.2) is 0 Å². The number of carbonyl (C=O) groups is 1. The highest BCUT2D eigenvalue weighted by Gasteiger charge is 2.28. The average Bonchev–Trinajstić information content (AvgIpc) is 3.25. The summed E-state index contributed by atoms with van der Waals surface area (Å²) in [5.74, 6) is -0.582. The third-order valence-corrected chi connectivity index (χ3v) is 12.7. The maximum Gasteiger partial charge on any atom is 0.249 e. The quantitative estimate of drug-likeness (QED) is 0.0309. The zero-order chi connectivity index (χ0) is 43.8. The summed E-state index contributed by atoms with van der Waals surface area (Å²) in [7, 11) is 0. The van der Waals surface area contributed by atoms with E-state index in [2.05, 4.69) is 43.5 Å². The van der Waals surface area contributed by atoms with Crippen LogP contribution in [0.15, 0.2) is 24.3 Å². The van der Waals surface area contributed by atoms with Gasteiger partial charge in [0.2, 0.25) is 5.91 Å². The first-order valence-corrected chi connectivity index (χ1v) is 26.7. The van der Waals surface area contributed by atoms with Crippen molar-refractivity contribution in [1.29, 1.82) is 0 Å². The molecule has 60 heavy (non-hydrogen) atoms. The lowest BCUT2D eigenvalue weighted by atomic mass is 9.99. The van der Waals surface area contributed by atoms with Crippen LogP contribution in [-0.2, 0) is 4.79 Å². The van der Waals surface area contributed by atoms with E-state index in [0.717, 1.165) is 44.9 Å². The summed E-state index contributed by atoms with van der Waals surface area (Å²) in [6.45, 7) is 4.07. The van der Waals surface area contributed by atoms with E-state index < -0.39 is 36.9 Å². The number of carbonyl (C=O) groups excluding carboxylic acids is 1. The fourth-order valence-electron chi connectivity index (χ4n) is 8.44. The van der Waals surface area contributed by atoms with Crippen molar-refractivity contribution in [2.45, 2.75) is 308 Å². The Hall–Kier alpha value is -1.21. The number of rotatable bonds is 49. The first-order valence-electron chi connectivity index (χ1n) is 26.7. The topological polar surface area (TPSA) is 110 Å². The van der Waals surface area contributed by atoms with Crippen molar-refractivity contribution >= 4 is 5.91 Å². The summed E-state index contributed by atoms with van der Waals surface area (Å²) >= 11 is 0. The van der Waals surface area contributed by atoms with Gasteiger partial charge in [-0.15, -0.1) is 0 Å². The second-order valence-corrected chi connectivity index (χ2v) is 18.6. The molecule has 4 unspecified atom stereocenters. The lowest BCUT2D eigenvalue weighted by Gasteiger charge is -2.27. The van der Waals surface area contributed by atoms with Gasteiger partial charge in [0.25, 0.3) is 0 Å². The van der Waals surface area contributed by atoms with Crippen LogP contribution < -0.4 is 5.32 Å². The van der Waals surface area contributed by atoms with E-state index in [0.29, 0.717) is 12.8 Å². The molecular formula is C54H105NO5. The number of unbranched alkanes of at least 4 members (excludes halogenated alkanes) is 36. The first kappa shape index (κ1) is 58.8. The molecule has 1 amide bonds. The van der Waals surface area contributed by atoms with E-state index in [1.807, 2.05) is 0 Å². The molecule has 0 aromatic heterocycles. The van der Waals surface area contributed by atoms with Gasteiger partial charge in [-0.05, 0) is 44.9 Å². The van der Waals surface area contributed by atoms with E-state index in [-0.39, 0.29) is 0 Å². The Labute approximate surface area is 374 Å². The largest absolute Gasteiger partial charge is 0.394 e. The number of aliphatic hydroxyl groups excluding tert-OH is 4. The average molecular weight is 848 g/mol. The molecule has 6 nitrogen and oxygen atoms in total. The molecule has 0 aliphatic carbocycles. The van der Waals surface area contributed by atoms with Crippen LogP contribution in [0.3, 0.4) is 0 Å². The van der Waals surface area contributed by atoms with Gasteiger partial charge < -0.3 is 25.7 Å². The van der Waals surface area contributed by atoms with E-state index in [4.69, 9.17) is 0 Å². The van der Waals surface area contributed by atoms with Crippen molar-refractivity contribution in [3.63, 3.8) is 0 Å². The van der Waals surface area contributed by atoms with Gasteiger partial charge in [-0.3, -0.25) is 4.79 Å². The van der Waals surface area contributed by atoms with Crippen LogP contribution >= 0.6 is 0 Å². The number of hydrogen-bond donors (Lipinski definition) is 5. The van der Waals surface area contributed by atoms with Crippen LogP contribution in [0.2, 0.25) is 0 Å². The number of nitrogens with one attached hydrogen (secondary N) is 1. The molecule has 0 fully saturated rings. The molecule has 5 N–H and O–H groups in total. The van der Waals surface area contributed by atoms with Gasteiger partial charge in [0.1, 0.15) is 12.2 Å². The van der Waals surface area contributed by atoms with Crippen molar-refractivity contribution in [2.75, 3.05) is 6.61 Å². The number of allylic oxidation sites excluding steroid dienone is 4. The Balaban J connectivity index is 3.63. The van der Waals surface area contributed by atoms with Gasteiger partial charge >= 0.3 is 0 Å².